The summed E-state index contributed by atoms with van der Waals surface area (Å²) in [6, 6.07) is 3.22. The lowest BCUT2D eigenvalue weighted by Crippen LogP contribution is -1.86. The Bertz CT molecular complexity index is 598. The molecule has 0 amide bonds. The fourth-order valence-corrected chi connectivity index (χ4v) is 2.66. The van der Waals surface area contributed by atoms with E-state index in [9.17, 15) is 4.39 Å². The van der Waals surface area contributed by atoms with Gasteiger partial charge in [0.05, 0.1) is 10.3 Å². The highest BCUT2D eigenvalue weighted by molar-refractivity contribution is 7.23. The molecule has 2 rings (SSSR count). The van der Waals surface area contributed by atoms with Gasteiger partial charge in [-0.3, -0.25) is 0 Å². The van der Waals surface area contributed by atoms with Crippen LogP contribution in [-0.4, -0.2) is 0 Å². The van der Waals surface area contributed by atoms with Gasteiger partial charge in [0.1, 0.15) is 16.9 Å². The number of rotatable bonds is 0. The van der Waals surface area contributed by atoms with Crippen molar-refractivity contribution < 1.29 is 4.39 Å². The maximum atomic E-state index is 13.5. The van der Waals surface area contributed by atoms with Gasteiger partial charge in [0.2, 0.25) is 0 Å². The molecule has 0 saturated carbocycles. The molecule has 0 aliphatic carbocycles. The van der Waals surface area contributed by atoms with Crippen LogP contribution in [0.4, 0.5) is 9.39 Å². The molecule has 0 bridgehead atoms. The molecular formula is C10H6ClFN2S. The van der Waals surface area contributed by atoms with Gasteiger partial charge >= 0.3 is 0 Å². The summed E-state index contributed by atoms with van der Waals surface area (Å²) in [7, 11) is 0. The molecular weight excluding hydrogens is 235 g/mol. The summed E-state index contributed by atoms with van der Waals surface area (Å²) < 4.78 is 13.9. The minimum atomic E-state index is -0.432. The Morgan fingerprint density at radius 2 is 2.27 bits per heavy atom. The fraction of sp³-hybridized carbons (Fsp3) is 0.100. The van der Waals surface area contributed by atoms with Crippen LogP contribution in [0.1, 0.15) is 11.1 Å². The highest BCUT2D eigenvalue weighted by Gasteiger charge is 2.17. The maximum absolute atomic E-state index is 13.5. The van der Waals surface area contributed by atoms with Crippen LogP contribution in [-0.2, 0) is 0 Å². The van der Waals surface area contributed by atoms with Crippen molar-refractivity contribution in [1.82, 2.24) is 0 Å². The van der Waals surface area contributed by atoms with Gasteiger partial charge in [-0.25, -0.2) is 4.39 Å². The van der Waals surface area contributed by atoms with Crippen LogP contribution in [0.25, 0.3) is 10.1 Å². The maximum Gasteiger partial charge on any atom is 0.142 e. The molecule has 1 heterocycles. The number of nitrogen functional groups attached to an aromatic ring is 1. The second kappa shape index (κ2) is 3.37. The molecule has 76 valence electrons. The largest absolute Gasteiger partial charge is 0.389 e. The molecule has 0 aliphatic heterocycles. The van der Waals surface area contributed by atoms with Crippen LogP contribution in [0.3, 0.4) is 0 Å². The average Bonchev–Trinajstić information content (AvgIpc) is 2.52. The van der Waals surface area contributed by atoms with E-state index >= 15 is 0 Å². The molecule has 0 spiro atoms. The van der Waals surface area contributed by atoms with Gasteiger partial charge in [-0.05, 0) is 18.6 Å². The van der Waals surface area contributed by atoms with Gasteiger partial charge in [0, 0.05) is 10.4 Å². The van der Waals surface area contributed by atoms with E-state index in [1.54, 1.807) is 6.92 Å². The third kappa shape index (κ3) is 1.36. The summed E-state index contributed by atoms with van der Waals surface area (Å²) in [6.07, 6.45) is 0. The van der Waals surface area contributed by atoms with Gasteiger partial charge in [-0.15, -0.1) is 11.3 Å². The molecule has 1 aromatic heterocycles. The first-order chi connectivity index (χ1) is 7.06. The summed E-state index contributed by atoms with van der Waals surface area (Å²) in [5, 5.41) is 10.1. The molecule has 1 aromatic carbocycles. The number of nitriles is 1. The molecule has 5 heteroatoms. The summed E-state index contributed by atoms with van der Waals surface area (Å²) >= 11 is 6.92. The smallest absolute Gasteiger partial charge is 0.142 e. The Morgan fingerprint density at radius 1 is 1.60 bits per heavy atom. The molecule has 2 N–H and O–H groups in total. The average molecular weight is 241 g/mol. The van der Waals surface area contributed by atoms with Crippen LogP contribution in [0.15, 0.2) is 6.07 Å². The minimum absolute atomic E-state index is 0.314. The molecule has 15 heavy (non-hydrogen) atoms. The number of aryl methyl sites for hydroxylation is 1. The van der Waals surface area contributed by atoms with Crippen molar-refractivity contribution >= 4 is 38.0 Å². The van der Waals surface area contributed by atoms with Crippen LogP contribution in [0.5, 0.6) is 0 Å². The fourth-order valence-electron chi connectivity index (χ4n) is 1.49. The van der Waals surface area contributed by atoms with E-state index in [0.717, 1.165) is 11.3 Å². The zero-order valence-corrected chi connectivity index (χ0v) is 9.34. The number of nitrogens with two attached hydrogens (primary N) is 1. The normalized spacial score (nSPS) is 10.5. The molecule has 0 unspecified atom stereocenters. The molecule has 0 fully saturated rings. The van der Waals surface area contributed by atoms with Crippen molar-refractivity contribution in [1.29, 1.82) is 5.26 Å². The Kier molecular flexibility index (Phi) is 2.29. The lowest BCUT2D eigenvalue weighted by molar-refractivity contribution is 0.641. The zero-order chi connectivity index (χ0) is 11.2. The lowest BCUT2D eigenvalue weighted by atomic mass is 10.1. The topological polar surface area (TPSA) is 49.8 Å². The van der Waals surface area contributed by atoms with Crippen LogP contribution in [0, 0.1) is 24.1 Å². The van der Waals surface area contributed by atoms with Gasteiger partial charge in [-0.1, -0.05) is 11.6 Å². The molecule has 2 aromatic rings. The number of nitrogens with zero attached hydrogens (tertiary/aromatic N) is 1. The molecule has 2 nitrogen and oxygen atoms in total. The zero-order valence-electron chi connectivity index (χ0n) is 7.77. The summed E-state index contributed by atoms with van der Waals surface area (Å²) in [5.41, 5.74) is 6.64. The Morgan fingerprint density at radius 3 is 2.87 bits per heavy atom. The van der Waals surface area contributed by atoms with Crippen molar-refractivity contribution in [2.45, 2.75) is 6.92 Å². The van der Waals surface area contributed by atoms with E-state index in [1.807, 2.05) is 6.07 Å². The van der Waals surface area contributed by atoms with E-state index in [2.05, 4.69) is 0 Å². The van der Waals surface area contributed by atoms with Crippen molar-refractivity contribution in [3.05, 3.63) is 28.0 Å². The molecule has 0 aliphatic rings. The van der Waals surface area contributed by atoms with E-state index in [0.29, 0.717) is 31.2 Å². The van der Waals surface area contributed by atoms with Crippen molar-refractivity contribution in [2.75, 3.05) is 5.73 Å². The number of fused-ring (bicyclic) bond motifs is 1. The predicted octanol–water partition coefficient (Wildman–Crippen LogP) is 3.46. The number of anilines is 1. The third-order valence-electron chi connectivity index (χ3n) is 2.25. The van der Waals surface area contributed by atoms with Gasteiger partial charge < -0.3 is 5.73 Å². The second-order valence-electron chi connectivity index (χ2n) is 3.12. The monoisotopic (exact) mass is 240 g/mol. The van der Waals surface area contributed by atoms with Crippen LogP contribution >= 0.6 is 22.9 Å². The number of halogens is 2. The first-order valence-electron chi connectivity index (χ1n) is 4.13. The molecule has 0 atom stereocenters. The highest BCUT2D eigenvalue weighted by atomic mass is 35.5. The number of hydrogen-bond acceptors (Lipinski definition) is 3. The van der Waals surface area contributed by atoms with Crippen LogP contribution < -0.4 is 5.73 Å². The van der Waals surface area contributed by atoms with E-state index in [-0.39, 0.29) is 0 Å². The Labute approximate surface area is 94.7 Å². The highest BCUT2D eigenvalue weighted by Crippen LogP contribution is 2.39. The van der Waals surface area contributed by atoms with Crippen molar-refractivity contribution in [2.24, 2.45) is 0 Å². The van der Waals surface area contributed by atoms with Gasteiger partial charge in [-0.2, -0.15) is 5.26 Å². The SMILES string of the molecule is Cc1c(Cl)cc(F)c2sc(N)c(C#N)c12. The number of benzene rings is 1. The van der Waals surface area contributed by atoms with Gasteiger partial charge in [0.25, 0.3) is 0 Å². The quantitative estimate of drug-likeness (QED) is 0.767. The van der Waals surface area contributed by atoms with Gasteiger partial charge in [0.15, 0.2) is 0 Å². The number of thiophene rings is 1. The number of hydrogen-bond donors (Lipinski definition) is 1. The lowest BCUT2D eigenvalue weighted by Gasteiger charge is -2.01. The Balaban J connectivity index is 3.06. The van der Waals surface area contributed by atoms with Crippen molar-refractivity contribution in [3.8, 4) is 6.07 Å². The minimum Gasteiger partial charge on any atom is -0.389 e. The van der Waals surface area contributed by atoms with E-state index in [1.165, 1.54) is 6.07 Å². The summed E-state index contributed by atoms with van der Waals surface area (Å²) in [5.74, 6) is -0.432. The van der Waals surface area contributed by atoms with E-state index in [4.69, 9.17) is 22.6 Å². The summed E-state index contributed by atoms with van der Waals surface area (Å²) in [4.78, 5) is 0. The predicted molar refractivity (Wildman–Crippen MR) is 60.7 cm³/mol. The third-order valence-corrected chi connectivity index (χ3v) is 3.67. The first kappa shape index (κ1) is 10.2. The second-order valence-corrected chi connectivity index (χ2v) is 4.58. The van der Waals surface area contributed by atoms with Crippen molar-refractivity contribution in [3.63, 3.8) is 0 Å². The van der Waals surface area contributed by atoms with Crippen LogP contribution in [0.2, 0.25) is 5.02 Å². The molecule has 0 saturated heterocycles. The standard InChI is InChI=1S/C10H6ClFN2S/c1-4-6(11)2-7(12)9-8(4)5(3-13)10(14)15-9/h2H,14H2,1H3. The van der Waals surface area contributed by atoms with E-state index < -0.39 is 5.82 Å². The first-order valence-corrected chi connectivity index (χ1v) is 5.32. The molecule has 0 radical (unpaired) electrons. The Hall–Kier alpha value is -1.31. The summed E-state index contributed by atoms with van der Waals surface area (Å²) in [6.45, 7) is 1.75.